The molecule has 1 aromatic rings. The SMILES string of the molecule is NC(=O)N=Nc1cc2c(cc1O)NC(S(=O)(=O)O)C2. The smallest absolute Gasteiger partial charge is 0.356 e. The maximum Gasteiger partial charge on any atom is 0.356 e. The van der Waals surface area contributed by atoms with Crippen molar-refractivity contribution in [2.45, 2.75) is 11.8 Å². The van der Waals surface area contributed by atoms with Gasteiger partial charge in [-0.05, 0) is 11.6 Å². The summed E-state index contributed by atoms with van der Waals surface area (Å²) in [5.41, 5.74) is 5.63. The lowest BCUT2D eigenvalue weighted by molar-refractivity contribution is 0.255. The van der Waals surface area contributed by atoms with Crippen LogP contribution in [0.15, 0.2) is 22.4 Å². The monoisotopic (exact) mass is 286 g/mol. The molecule has 0 fully saturated rings. The van der Waals surface area contributed by atoms with Gasteiger partial charge in [-0.25, -0.2) is 4.79 Å². The summed E-state index contributed by atoms with van der Waals surface area (Å²) in [6, 6.07) is 1.57. The molecule has 1 aliphatic heterocycles. The first-order valence-electron chi connectivity index (χ1n) is 5.07. The van der Waals surface area contributed by atoms with Crippen molar-refractivity contribution in [2.75, 3.05) is 5.32 Å². The number of urea groups is 1. The summed E-state index contributed by atoms with van der Waals surface area (Å²) in [6.45, 7) is 0. The lowest BCUT2D eigenvalue weighted by Gasteiger charge is -2.06. The Balaban J connectivity index is 2.35. The third-order valence-electron chi connectivity index (χ3n) is 2.54. The lowest BCUT2D eigenvalue weighted by Crippen LogP contribution is -2.26. The van der Waals surface area contributed by atoms with Crippen molar-refractivity contribution in [2.24, 2.45) is 16.0 Å². The summed E-state index contributed by atoms with van der Waals surface area (Å²) in [5, 5.41) is 17.5. The highest BCUT2D eigenvalue weighted by atomic mass is 32.2. The second kappa shape index (κ2) is 4.48. The van der Waals surface area contributed by atoms with Crippen LogP contribution in [-0.2, 0) is 16.5 Å². The molecule has 102 valence electrons. The second-order valence-electron chi connectivity index (χ2n) is 3.89. The number of benzene rings is 1. The Labute approximate surface area is 107 Å². The number of hydrogen-bond acceptors (Lipinski definition) is 6. The molecule has 19 heavy (non-hydrogen) atoms. The molecule has 0 aromatic heterocycles. The molecule has 2 rings (SSSR count). The molecule has 0 saturated heterocycles. The fourth-order valence-corrected chi connectivity index (χ4v) is 2.38. The molecular formula is C9H10N4O5S. The molecule has 0 aliphatic carbocycles. The van der Waals surface area contributed by atoms with Gasteiger partial charge in [0.2, 0.25) is 0 Å². The number of carbonyl (C=O) groups excluding carboxylic acids is 1. The largest absolute Gasteiger partial charge is 0.506 e. The zero-order valence-corrected chi connectivity index (χ0v) is 10.3. The minimum absolute atomic E-state index is 0.00748. The van der Waals surface area contributed by atoms with Gasteiger partial charge in [0, 0.05) is 18.2 Å². The maximum absolute atomic E-state index is 11.0. The average molecular weight is 286 g/mol. The number of hydrogen-bond donors (Lipinski definition) is 4. The van der Waals surface area contributed by atoms with Gasteiger partial charge in [0.05, 0.1) is 0 Å². The number of amides is 2. The second-order valence-corrected chi connectivity index (χ2v) is 5.49. The number of azo groups is 1. The summed E-state index contributed by atoms with van der Waals surface area (Å²) in [5.74, 6) is -0.299. The number of rotatable bonds is 2. The predicted octanol–water partition coefficient (Wildman–Crippen LogP) is 0.737. The molecule has 0 bridgehead atoms. The van der Waals surface area contributed by atoms with Crippen LogP contribution in [0.3, 0.4) is 0 Å². The molecule has 5 N–H and O–H groups in total. The highest BCUT2D eigenvalue weighted by Gasteiger charge is 2.31. The topological polar surface area (TPSA) is 154 Å². The number of carbonyl (C=O) groups is 1. The van der Waals surface area contributed by atoms with Crippen LogP contribution >= 0.6 is 0 Å². The van der Waals surface area contributed by atoms with Crippen molar-refractivity contribution < 1.29 is 22.9 Å². The van der Waals surface area contributed by atoms with Crippen molar-refractivity contribution in [3.8, 4) is 5.75 Å². The van der Waals surface area contributed by atoms with Crippen LogP contribution in [0.2, 0.25) is 0 Å². The predicted molar refractivity (Wildman–Crippen MR) is 64.9 cm³/mol. The number of aromatic hydroxyl groups is 1. The minimum atomic E-state index is -4.24. The molecule has 2 amide bonds. The molecule has 1 heterocycles. The first-order valence-corrected chi connectivity index (χ1v) is 6.57. The van der Waals surface area contributed by atoms with Gasteiger partial charge < -0.3 is 16.2 Å². The van der Waals surface area contributed by atoms with E-state index in [2.05, 4.69) is 15.5 Å². The Hall–Kier alpha value is -2.20. The van der Waals surface area contributed by atoms with E-state index in [1.54, 1.807) is 0 Å². The standard InChI is InChI=1S/C9H10N4O5S/c10-9(15)13-12-6-1-4-2-8(19(16,17)18)11-5(4)3-7(6)14/h1,3,8,11,14H,2H2,(H2,10,15)(H,16,17,18). The normalized spacial score (nSPS) is 18.3. The van der Waals surface area contributed by atoms with Gasteiger partial charge in [-0.15, -0.1) is 5.11 Å². The summed E-state index contributed by atoms with van der Waals surface area (Å²) in [4.78, 5) is 10.5. The van der Waals surface area contributed by atoms with Gasteiger partial charge in [-0.1, -0.05) is 5.11 Å². The van der Waals surface area contributed by atoms with Gasteiger partial charge in [0.1, 0.15) is 11.4 Å². The molecule has 9 nitrogen and oxygen atoms in total. The molecule has 0 saturated carbocycles. The number of fused-ring (bicyclic) bond motifs is 1. The van der Waals surface area contributed by atoms with E-state index in [4.69, 9.17) is 10.3 Å². The van der Waals surface area contributed by atoms with E-state index in [1.807, 2.05) is 0 Å². The Morgan fingerprint density at radius 2 is 2.16 bits per heavy atom. The molecule has 10 heteroatoms. The van der Waals surface area contributed by atoms with Gasteiger partial charge in [0.25, 0.3) is 10.1 Å². The van der Waals surface area contributed by atoms with E-state index in [0.29, 0.717) is 11.3 Å². The highest BCUT2D eigenvalue weighted by molar-refractivity contribution is 7.86. The van der Waals surface area contributed by atoms with Crippen LogP contribution < -0.4 is 11.1 Å². The average Bonchev–Trinajstić information content (AvgIpc) is 2.68. The number of anilines is 1. The van der Waals surface area contributed by atoms with Crippen molar-refractivity contribution >= 4 is 27.5 Å². The molecule has 1 unspecified atom stereocenters. The Morgan fingerprint density at radius 3 is 2.74 bits per heavy atom. The zero-order chi connectivity index (χ0) is 14.2. The Bertz CT molecular complexity index is 669. The number of phenolic OH excluding ortho intramolecular Hbond substituents is 1. The maximum atomic E-state index is 11.0. The fraction of sp³-hybridized carbons (Fsp3) is 0.222. The minimum Gasteiger partial charge on any atom is -0.506 e. The quantitative estimate of drug-likeness (QED) is 0.464. The third-order valence-corrected chi connectivity index (χ3v) is 3.54. The first-order chi connectivity index (χ1) is 8.77. The number of primary amides is 1. The number of phenols is 1. The first kappa shape index (κ1) is 13.2. The molecule has 0 radical (unpaired) electrons. The van der Waals surface area contributed by atoms with Gasteiger partial charge in [-0.2, -0.15) is 8.42 Å². The van der Waals surface area contributed by atoms with Crippen LogP contribution in [0.5, 0.6) is 5.75 Å². The van der Waals surface area contributed by atoms with Crippen molar-refractivity contribution in [3.63, 3.8) is 0 Å². The summed E-state index contributed by atoms with van der Waals surface area (Å²) in [6.07, 6.45) is 0.00748. The van der Waals surface area contributed by atoms with Crippen LogP contribution in [0.1, 0.15) is 5.56 Å². The van der Waals surface area contributed by atoms with Gasteiger partial charge >= 0.3 is 6.03 Å². The van der Waals surface area contributed by atoms with E-state index in [0.717, 1.165) is 0 Å². The van der Waals surface area contributed by atoms with Gasteiger partial charge in [0.15, 0.2) is 5.37 Å². The van der Waals surface area contributed by atoms with E-state index in [1.165, 1.54) is 12.1 Å². The zero-order valence-electron chi connectivity index (χ0n) is 9.44. The van der Waals surface area contributed by atoms with Crippen LogP contribution in [0, 0.1) is 0 Å². The molecule has 1 atom stereocenters. The number of nitrogens with zero attached hydrogens (tertiary/aromatic N) is 2. The van der Waals surface area contributed by atoms with Crippen molar-refractivity contribution in [3.05, 3.63) is 17.7 Å². The van der Waals surface area contributed by atoms with Crippen LogP contribution in [0.25, 0.3) is 0 Å². The molecule has 0 spiro atoms. The van der Waals surface area contributed by atoms with E-state index < -0.39 is 21.5 Å². The Morgan fingerprint density at radius 1 is 1.47 bits per heavy atom. The van der Waals surface area contributed by atoms with Crippen molar-refractivity contribution in [1.29, 1.82) is 0 Å². The van der Waals surface area contributed by atoms with Crippen molar-refractivity contribution in [1.82, 2.24) is 0 Å². The van der Waals surface area contributed by atoms with Crippen LogP contribution in [-0.4, -0.2) is 29.5 Å². The van der Waals surface area contributed by atoms with E-state index >= 15 is 0 Å². The number of nitrogens with one attached hydrogen (secondary N) is 1. The summed E-state index contributed by atoms with van der Waals surface area (Å²) in [7, 11) is -4.24. The van der Waals surface area contributed by atoms with E-state index in [9.17, 15) is 18.3 Å². The third kappa shape index (κ3) is 2.80. The summed E-state index contributed by atoms with van der Waals surface area (Å²) < 4.78 is 31.0. The van der Waals surface area contributed by atoms with E-state index in [-0.39, 0.29) is 17.9 Å². The molecule has 1 aromatic carbocycles. The van der Waals surface area contributed by atoms with Gasteiger partial charge in [-0.3, -0.25) is 4.55 Å². The highest BCUT2D eigenvalue weighted by Crippen LogP contribution is 2.37. The van der Waals surface area contributed by atoms with Crippen LogP contribution in [0.4, 0.5) is 16.2 Å². The Kier molecular flexibility index (Phi) is 3.12. The fourth-order valence-electron chi connectivity index (χ4n) is 1.71. The summed E-state index contributed by atoms with van der Waals surface area (Å²) >= 11 is 0. The number of nitrogens with two attached hydrogens (primary N) is 1. The molecule has 1 aliphatic rings. The molecular weight excluding hydrogens is 276 g/mol. The lowest BCUT2D eigenvalue weighted by atomic mass is 10.1.